The molecule has 42 heavy (non-hydrogen) atoms. The Morgan fingerprint density at radius 2 is 1.83 bits per heavy atom. The van der Waals surface area contributed by atoms with Gasteiger partial charge in [-0.2, -0.15) is 0 Å². The van der Waals surface area contributed by atoms with Crippen molar-refractivity contribution in [2.45, 2.75) is 63.4 Å². The molecule has 1 amide bonds. The van der Waals surface area contributed by atoms with Gasteiger partial charge in [-0.25, -0.2) is 4.79 Å². The van der Waals surface area contributed by atoms with Crippen molar-refractivity contribution in [3.05, 3.63) is 88.5 Å². The molecule has 6 rings (SSSR count). The third kappa shape index (κ3) is 5.03. The summed E-state index contributed by atoms with van der Waals surface area (Å²) < 4.78 is 12.1. The number of nitrogens with one attached hydrogen (secondary N) is 1. The lowest BCUT2D eigenvalue weighted by molar-refractivity contribution is -0.149. The Bertz CT molecular complexity index is 1430. The second kappa shape index (κ2) is 11.6. The van der Waals surface area contributed by atoms with Gasteiger partial charge in [-0.1, -0.05) is 60.1 Å². The van der Waals surface area contributed by atoms with E-state index in [1.807, 2.05) is 43.5 Å². The third-order valence-corrected chi connectivity index (χ3v) is 10.5. The number of hydrogen-bond acceptors (Lipinski definition) is 6. The second-order valence-corrected chi connectivity index (χ2v) is 12.4. The molecule has 0 aromatic heterocycles. The Balaban J connectivity index is 1.29. The molecule has 1 N–H and O–H groups in total. The molecule has 7 heteroatoms. The molecule has 0 spiro atoms. The number of methoxy groups -OCH3 is 2. The van der Waals surface area contributed by atoms with Gasteiger partial charge < -0.3 is 9.47 Å². The molecule has 0 unspecified atom stereocenters. The zero-order valence-electron chi connectivity index (χ0n) is 24.7. The maximum Gasteiger partial charge on any atom is 0.437 e. The maximum atomic E-state index is 12.3. The minimum atomic E-state index is -0.639. The molecule has 2 saturated carbocycles. The van der Waals surface area contributed by atoms with E-state index in [0.717, 1.165) is 44.1 Å². The van der Waals surface area contributed by atoms with Crippen LogP contribution in [0.3, 0.4) is 0 Å². The number of fused-ring (bicyclic) bond motifs is 4. The van der Waals surface area contributed by atoms with Crippen LogP contribution < -0.4 is 5.32 Å². The lowest BCUT2D eigenvalue weighted by atomic mass is 9.51. The summed E-state index contributed by atoms with van der Waals surface area (Å²) in [7, 11) is 3.62. The SMILES string of the molecule is COC[C@]1(OC)CC[C@H]2[C@@H]3CCC4=CC(=O)CCC4=C3[C@@H](c3ccc(C=NOC(=O)Nc4ccccc4)cc3)C[C@@]21C. The van der Waals surface area contributed by atoms with E-state index in [4.69, 9.17) is 14.3 Å². The highest BCUT2D eigenvalue weighted by Crippen LogP contribution is 2.67. The van der Waals surface area contributed by atoms with Crippen LogP contribution in [0.5, 0.6) is 0 Å². The molecule has 4 aliphatic rings. The summed E-state index contributed by atoms with van der Waals surface area (Å²) in [5.74, 6) is 1.48. The zero-order chi connectivity index (χ0) is 29.3. The molecular formula is C35H40N2O5. The van der Waals surface area contributed by atoms with Gasteiger partial charge in [-0.05, 0) is 90.8 Å². The van der Waals surface area contributed by atoms with E-state index in [0.29, 0.717) is 30.6 Å². The van der Waals surface area contributed by atoms with Crippen LogP contribution in [0.2, 0.25) is 0 Å². The third-order valence-electron chi connectivity index (χ3n) is 10.5. The molecule has 0 bridgehead atoms. The summed E-state index contributed by atoms with van der Waals surface area (Å²) in [6, 6.07) is 17.5. The van der Waals surface area contributed by atoms with E-state index in [-0.39, 0.29) is 22.7 Å². The molecule has 7 nitrogen and oxygen atoms in total. The Kier molecular flexibility index (Phi) is 7.90. The number of hydrogen-bond donors (Lipinski definition) is 1. The zero-order valence-corrected chi connectivity index (χ0v) is 24.7. The van der Waals surface area contributed by atoms with Gasteiger partial charge in [-0.3, -0.25) is 14.9 Å². The fourth-order valence-electron chi connectivity index (χ4n) is 8.51. The van der Waals surface area contributed by atoms with Crippen molar-refractivity contribution in [2.75, 3.05) is 26.1 Å². The minimum absolute atomic E-state index is 0.0387. The first-order valence-corrected chi connectivity index (χ1v) is 15.0. The average molecular weight is 569 g/mol. The molecule has 4 aliphatic carbocycles. The van der Waals surface area contributed by atoms with E-state index < -0.39 is 6.09 Å². The van der Waals surface area contributed by atoms with Crippen LogP contribution in [0.25, 0.3) is 0 Å². The van der Waals surface area contributed by atoms with Crippen LogP contribution >= 0.6 is 0 Å². The fraction of sp³-hybridized carbons (Fsp3) is 0.457. The number of amides is 1. The number of ketones is 1. The predicted octanol–water partition coefficient (Wildman–Crippen LogP) is 7.20. The Morgan fingerprint density at radius 1 is 1.05 bits per heavy atom. The number of ether oxygens (including phenoxy) is 2. The molecule has 2 aromatic carbocycles. The van der Waals surface area contributed by atoms with Crippen molar-refractivity contribution in [2.24, 2.45) is 22.4 Å². The summed E-state index contributed by atoms with van der Waals surface area (Å²) in [5, 5.41) is 6.55. The molecule has 0 heterocycles. The van der Waals surface area contributed by atoms with E-state index >= 15 is 0 Å². The van der Waals surface area contributed by atoms with Gasteiger partial charge in [0.25, 0.3) is 0 Å². The molecule has 0 saturated heterocycles. The smallest absolute Gasteiger partial charge is 0.382 e. The summed E-state index contributed by atoms with van der Waals surface area (Å²) in [5.41, 5.74) is 6.64. The molecular weight excluding hydrogens is 528 g/mol. The van der Waals surface area contributed by atoms with Crippen LogP contribution in [0, 0.1) is 17.3 Å². The number of rotatable bonds is 7. The standard InChI is InChI=1S/C35H40N2O5/c1-34-20-30(24-11-9-23(10-12-24)21-36-42-33(39)37-26-7-5-4-6-8-26)32-28-16-14-27(38)19-25(28)13-15-29(32)31(34)17-18-35(34,41-3)22-40-2/h4-12,19,21,29-31H,13-18,20,22H2,1-3H3,(H,37,39)/t29-,30+,31-,34-,35+/m0/s1. The Labute approximate surface area is 248 Å². The summed E-state index contributed by atoms with van der Waals surface area (Å²) in [6.45, 7) is 3.02. The quantitative estimate of drug-likeness (QED) is 0.217. The van der Waals surface area contributed by atoms with E-state index in [9.17, 15) is 9.59 Å². The number of para-hydroxylation sites is 1. The molecule has 0 radical (unpaired) electrons. The lowest BCUT2D eigenvalue weighted by Crippen LogP contribution is -2.54. The van der Waals surface area contributed by atoms with Crippen molar-refractivity contribution < 1.29 is 23.9 Å². The predicted molar refractivity (Wildman–Crippen MR) is 162 cm³/mol. The number of allylic oxidation sites excluding steroid dienone is 4. The normalized spacial score (nSPS) is 30.4. The largest absolute Gasteiger partial charge is 0.437 e. The molecule has 5 atom stereocenters. The lowest BCUT2D eigenvalue weighted by Gasteiger charge is -2.55. The maximum absolute atomic E-state index is 12.3. The molecule has 2 fully saturated rings. The number of carbonyl (C=O) groups excluding carboxylic acids is 2. The van der Waals surface area contributed by atoms with Gasteiger partial charge in [0.1, 0.15) is 0 Å². The molecule has 2 aromatic rings. The summed E-state index contributed by atoms with van der Waals surface area (Å²) in [6.07, 6.45) is 9.43. The van der Waals surface area contributed by atoms with Gasteiger partial charge in [0.15, 0.2) is 5.78 Å². The van der Waals surface area contributed by atoms with Crippen LogP contribution in [0.1, 0.15) is 68.9 Å². The van der Waals surface area contributed by atoms with Crippen molar-refractivity contribution in [1.82, 2.24) is 0 Å². The summed E-state index contributed by atoms with van der Waals surface area (Å²) >= 11 is 0. The second-order valence-electron chi connectivity index (χ2n) is 12.4. The molecule has 220 valence electrons. The highest BCUT2D eigenvalue weighted by molar-refractivity contribution is 5.93. The average Bonchev–Trinajstić information content (AvgIpc) is 3.29. The van der Waals surface area contributed by atoms with Crippen LogP contribution in [0.4, 0.5) is 10.5 Å². The van der Waals surface area contributed by atoms with E-state index in [1.54, 1.807) is 31.0 Å². The van der Waals surface area contributed by atoms with Crippen molar-refractivity contribution in [3.63, 3.8) is 0 Å². The highest BCUT2D eigenvalue weighted by atomic mass is 16.7. The van der Waals surface area contributed by atoms with Crippen LogP contribution in [-0.4, -0.2) is 44.5 Å². The van der Waals surface area contributed by atoms with Gasteiger partial charge in [0.05, 0.1) is 18.4 Å². The monoisotopic (exact) mass is 568 g/mol. The van der Waals surface area contributed by atoms with Crippen LogP contribution in [0.15, 0.2) is 82.5 Å². The number of carbonyl (C=O) groups is 2. The van der Waals surface area contributed by atoms with Crippen molar-refractivity contribution in [3.8, 4) is 0 Å². The highest BCUT2D eigenvalue weighted by Gasteiger charge is 2.63. The number of anilines is 1. The topological polar surface area (TPSA) is 86.2 Å². The van der Waals surface area contributed by atoms with Crippen molar-refractivity contribution >= 4 is 23.8 Å². The van der Waals surface area contributed by atoms with Crippen LogP contribution in [-0.2, 0) is 19.1 Å². The Morgan fingerprint density at radius 3 is 2.57 bits per heavy atom. The first-order chi connectivity index (χ1) is 20.4. The van der Waals surface area contributed by atoms with Gasteiger partial charge >= 0.3 is 6.09 Å². The first-order valence-electron chi connectivity index (χ1n) is 15.0. The first kappa shape index (κ1) is 28.6. The number of benzene rings is 2. The van der Waals surface area contributed by atoms with E-state index in [1.165, 1.54) is 16.7 Å². The number of nitrogens with zero attached hydrogens (tertiary/aromatic N) is 1. The van der Waals surface area contributed by atoms with Crippen molar-refractivity contribution in [1.29, 1.82) is 0 Å². The van der Waals surface area contributed by atoms with Gasteiger partial charge in [0, 0.05) is 37.7 Å². The summed E-state index contributed by atoms with van der Waals surface area (Å²) in [4.78, 5) is 29.4. The fourth-order valence-corrected chi connectivity index (χ4v) is 8.51. The van der Waals surface area contributed by atoms with Gasteiger partial charge in [0.2, 0.25) is 0 Å². The number of oxime groups is 1. The van der Waals surface area contributed by atoms with E-state index in [2.05, 4.69) is 29.5 Å². The van der Waals surface area contributed by atoms with Gasteiger partial charge in [-0.15, -0.1) is 0 Å². The Hall–Kier alpha value is -3.55. The minimum Gasteiger partial charge on any atom is -0.382 e. The molecule has 0 aliphatic heterocycles.